The van der Waals surface area contributed by atoms with Crippen LogP contribution in [0.25, 0.3) is 0 Å². The fourth-order valence-corrected chi connectivity index (χ4v) is 1.31. The Morgan fingerprint density at radius 3 is 2.89 bits per heavy atom. The lowest BCUT2D eigenvalue weighted by Crippen LogP contribution is -2.23. The van der Waals surface area contributed by atoms with Gasteiger partial charge < -0.3 is 15.4 Å². The maximum Gasteiger partial charge on any atom is 0.329 e. The van der Waals surface area contributed by atoms with Crippen molar-refractivity contribution in [2.45, 2.75) is 19.9 Å². The van der Waals surface area contributed by atoms with E-state index in [0.29, 0.717) is 19.2 Å². The molecule has 18 heavy (non-hydrogen) atoms. The van der Waals surface area contributed by atoms with Crippen molar-refractivity contribution < 1.29 is 9.66 Å². The van der Waals surface area contributed by atoms with Crippen LogP contribution in [0.3, 0.4) is 0 Å². The lowest BCUT2D eigenvalue weighted by molar-refractivity contribution is -0.384. The van der Waals surface area contributed by atoms with Gasteiger partial charge in [-0.25, -0.2) is 4.98 Å². The van der Waals surface area contributed by atoms with Crippen molar-refractivity contribution in [2.24, 2.45) is 0 Å². The average Bonchev–Trinajstić information content (AvgIpc) is 2.35. The van der Waals surface area contributed by atoms with E-state index < -0.39 is 4.92 Å². The van der Waals surface area contributed by atoms with Crippen LogP contribution in [0.2, 0.25) is 0 Å². The van der Waals surface area contributed by atoms with Crippen LogP contribution in [-0.2, 0) is 4.74 Å². The van der Waals surface area contributed by atoms with Crippen LogP contribution in [0.4, 0.5) is 17.5 Å². The first-order chi connectivity index (χ1) is 8.58. The molecule has 0 radical (unpaired) electrons. The molecule has 1 aromatic heterocycles. The lowest BCUT2D eigenvalue weighted by atomic mass is 10.3. The van der Waals surface area contributed by atoms with Crippen LogP contribution < -0.4 is 10.6 Å². The highest BCUT2D eigenvalue weighted by atomic mass is 16.6. The van der Waals surface area contributed by atoms with Gasteiger partial charge in [0, 0.05) is 19.7 Å². The molecular weight excluding hydrogens is 238 g/mol. The molecule has 2 N–H and O–H groups in total. The van der Waals surface area contributed by atoms with E-state index in [2.05, 4.69) is 20.6 Å². The number of hydrogen-bond donors (Lipinski definition) is 2. The Hall–Kier alpha value is -1.96. The maximum absolute atomic E-state index is 10.9. The first-order valence-corrected chi connectivity index (χ1v) is 5.62. The SMILES string of the molecule is CCOCC(C)Nc1nc(NC)ncc1[N+](=O)[O-]. The summed E-state index contributed by atoms with van der Waals surface area (Å²) in [7, 11) is 1.65. The van der Waals surface area contributed by atoms with Gasteiger partial charge in [0.15, 0.2) is 0 Å². The normalized spacial score (nSPS) is 11.9. The predicted octanol–water partition coefficient (Wildman–Crippen LogP) is 1.26. The van der Waals surface area contributed by atoms with Gasteiger partial charge >= 0.3 is 5.69 Å². The van der Waals surface area contributed by atoms with E-state index >= 15 is 0 Å². The second-order valence-corrected chi connectivity index (χ2v) is 3.64. The molecule has 0 saturated heterocycles. The van der Waals surface area contributed by atoms with E-state index in [1.807, 2.05) is 13.8 Å². The molecule has 100 valence electrons. The summed E-state index contributed by atoms with van der Waals surface area (Å²) >= 11 is 0. The Morgan fingerprint density at radius 1 is 1.61 bits per heavy atom. The first-order valence-electron chi connectivity index (χ1n) is 5.62. The topological polar surface area (TPSA) is 102 Å². The summed E-state index contributed by atoms with van der Waals surface area (Å²) < 4.78 is 5.23. The maximum atomic E-state index is 10.9. The Balaban J connectivity index is 2.86. The number of aromatic nitrogens is 2. The summed E-state index contributed by atoms with van der Waals surface area (Å²) in [5, 5.41) is 16.5. The zero-order chi connectivity index (χ0) is 13.5. The van der Waals surface area contributed by atoms with Crippen LogP contribution in [0.15, 0.2) is 6.20 Å². The summed E-state index contributed by atoms with van der Waals surface area (Å²) in [6, 6.07) is -0.0803. The van der Waals surface area contributed by atoms with Crippen molar-refractivity contribution in [3.63, 3.8) is 0 Å². The number of nitrogens with zero attached hydrogens (tertiary/aromatic N) is 3. The van der Waals surface area contributed by atoms with Gasteiger partial charge in [0.05, 0.1) is 11.5 Å². The van der Waals surface area contributed by atoms with Crippen molar-refractivity contribution in [1.82, 2.24) is 9.97 Å². The van der Waals surface area contributed by atoms with E-state index in [0.717, 1.165) is 0 Å². The van der Waals surface area contributed by atoms with E-state index in [-0.39, 0.29) is 17.5 Å². The molecule has 8 nitrogen and oxygen atoms in total. The lowest BCUT2D eigenvalue weighted by Gasteiger charge is -2.14. The van der Waals surface area contributed by atoms with Crippen LogP contribution in [-0.4, -0.2) is 41.2 Å². The molecule has 0 spiro atoms. The fraction of sp³-hybridized carbons (Fsp3) is 0.600. The molecule has 0 aliphatic heterocycles. The second kappa shape index (κ2) is 6.70. The van der Waals surface area contributed by atoms with Gasteiger partial charge in [0.1, 0.15) is 6.20 Å². The van der Waals surface area contributed by atoms with Gasteiger partial charge in [-0.2, -0.15) is 4.98 Å². The number of hydrogen-bond acceptors (Lipinski definition) is 7. The van der Waals surface area contributed by atoms with E-state index in [9.17, 15) is 10.1 Å². The molecule has 0 aromatic carbocycles. The van der Waals surface area contributed by atoms with Crippen LogP contribution >= 0.6 is 0 Å². The van der Waals surface area contributed by atoms with Gasteiger partial charge in [-0.05, 0) is 13.8 Å². The highest BCUT2D eigenvalue weighted by Crippen LogP contribution is 2.22. The largest absolute Gasteiger partial charge is 0.380 e. The van der Waals surface area contributed by atoms with Gasteiger partial charge in [-0.15, -0.1) is 0 Å². The van der Waals surface area contributed by atoms with E-state index in [1.54, 1.807) is 7.05 Å². The number of nitrogens with one attached hydrogen (secondary N) is 2. The smallest absolute Gasteiger partial charge is 0.329 e. The molecule has 8 heteroatoms. The van der Waals surface area contributed by atoms with Crippen molar-refractivity contribution in [3.05, 3.63) is 16.3 Å². The Morgan fingerprint density at radius 2 is 2.33 bits per heavy atom. The molecule has 0 bridgehead atoms. The molecule has 1 aromatic rings. The van der Waals surface area contributed by atoms with Crippen molar-refractivity contribution >= 4 is 17.5 Å². The highest BCUT2D eigenvalue weighted by molar-refractivity contribution is 5.57. The summed E-state index contributed by atoms with van der Waals surface area (Å²) in [5.74, 6) is 0.512. The highest BCUT2D eigenvalue weighted by Gasteiger charge is 2.18. The predicted molar refractivity (Wildman–Crippen MR) is 67.8 cm³/mol. The molecule has 1 unspecified atom stereocenters. The van der Waals surface area contributed by atoms with Crippen molar-refractivity contribution in [3.8, 4) is 0 Å². The molecule has 0 aliphatic carbocycles. The average molecular weight is 255 g/mol. The minimum atomic E-state index is -0.519. The first kappa shape index (κ1) is 14.1. The minimum absolute atomic E-state index is 0.0803. The zero-order valence-electron chi connectivity index (χ0n) is 10.6. The van der Waals surface area contributed by atoms with Gasteiger partial charge in [0.2, 0.25) is 11.8 Å². The molecule has 0 amide bonds. The quantitative estimate of drug-likeness (QED) is 0.558. The number of rotatable bonds is 7. The summed E-state index contributed by atoms with van der Waals surface area (Å²) in [6.45, 7) is 4.80. The number of nitro groups is 1. The number of ether oxygens (including phenoxy) is 1. The third-order valence-electron chi connectivity index (χ3n) is 2.14. The zero-order valence-corrected chi connectivity index (χ0v) is 10.6. The molecule has 0 saturated carbocycles. The molecule has 1 heterocycles. The monoisotopic (exact) mass is 255 g/mol. The molecule has 0 fully saturated rings. The molecule has 1 atom stereocenters. The Kier molecular flexibility index (Phi) is 5.25. The molecule has 1 rings (SSSR count). The summed E-state index contributed by atoms with van der Waals surface area (Å²) in [6.07, 6.45) is 1.18. The van der Waals surface area contributed by atoms with Crippen molar-refractivity contribution in [1.29, 1.82) is 0 Å². The Labute approximate surface area is 105 Å². The minimum Gasteiger partial charge on any atom is -0.380 e. The molecule has 0 aliphatic rings. The standard InChI is InChI=1S/C10H17N5O3/c1-4-18-6-7(2)13-9-8(15(16)17)5-12-10(11-3)14-9/h5,7H,4,6H2,1-3H3,(H2,11,12,13,14). The fourth-order valence-electron chi connectivity index (χ4n) is 1.31. The van der Waals surface area contributed by atoms with Crippen LogP contribution in [0.1, 0.15) is 13.8 Å². The summed E-state index contributed by atoms with van der Waals surface area (Å²) in [4.78, 5) is 18.2. The summed E-state index contributed by atoms with van der Waals surface area (Å²) in [5.41, 5.74) is -0.155. The van der Waals surface area contributed by atoms with E-state index in [4.69, 9.17) is 4.74 Å². The van der Waals surface area contributed by atoms with Crippen LogP contribution in [0.5, 0.6) is 0 Å². The van der Waals surface area contributed by atoms with Gasteiger partial charge in [0.25, 0.3) is 0 Å². The third kappa shape index (κ3) is 3.81. The Bertz CT molecular complexity index is 412. The van der Waals surface area contributed by atoms with Crippen molar-refractivity contribution in [2.75, 3.05) is 30.9 Å². The van der Waals surface area contributed by atoms with Crippen LogP contribution in [0, 0.1) is 10.1 Å². The van der Waals surface area contributed by atoms with E-state index in [1.165, 1.54) is 6.20 Å². The number of anilines is 2. The third-order valence-corrected chi connectivity index (χ3v) is 2.14. The van der Waals surface area contributed by atoms with Gasteiger partial charge in [-0.1, -0.05) is 0 Å². The molecular formula is C10H17N5O3. The van der Waals surface area contributed by atoms with Gasteiger partial charge in [-0.3, -0.25) is 10.1 Å². The second-order valence-electron chi connectivity index (χ2n) is 3.64.